The van der Waals surface area contributed by atoms with Gasteiger partial charge in [0.2, 0.25) is 10.0 Å². The second-order valence-electron chi connectivity index (χ2n) is 5.18. The standard InChI is InChI=1S/C12H22N4O3S/c1-5-6-8(4)14-12(17)10-11(20(13,18)19)9(7(2)3)15-16-10/h7-8H,5-6H2,1-4H3,(H,14,17)(H,15,16)(H2,13,18,19). The third-order valence-corrected chi connectivity index (χ3v) is 3.91. The van der Waals surface area contributed by atoms with E-state index in [-0.39, 0.29) is 22.5 Å². The summed E-state index contributed by atoms with van der Waals surface area (Å²) >= 11 is 0. The highest BCUT2D eigenvalue weighted by molar-refractivity contribution is 7.89. The average Bonchev–Trinajstić information content (AvgIpc) is 2.73. The van der Waals surface area contributed by atoms with Crippen LogP contribution in [-0.4, -0.2) is 30.6 Å². The fourth-order valence-electron chi connectivity index (χ4n) is 1.98. The molecule has 114 valence electrons. The summed E-state index contributed by atoms with van der Waals surface area (Å²) in [4.78, 5) is 11.9. The Morgan fingerprint density at radius 1 is 1.40 bits per heavy atom. The van der Waals surface area contributed by atoms with E-state index >= 15 is 0 Å². The molecular weight excluding hydrogens is 280 g/mol. The number of nitrogens with two attached hydrogens (primary N) is 1. The van der Waals surface area contributed by atoms with Gasteiger partial charge in [-0.1, -0.05) is 27.2 Å². The maximum atomic E-state index is 12.1. The molecule has 0 aromatic carbocycles. The van der Waals surface area contributed by atoms with Crippen molar-refractivity contribution in [1.29, 1.82) is 0 Å². The van der Waals surface area contributed by atoms with Crippen LogP contribution in [0.25, 0.3) is 0 Å². The van der Waals surface area contributed by atoms with E-state index in [0.717, 1.165) is 12.8 Å². The number of hydrogen-bond donors (Lipinski definition) is 3. The van der Waals surface area contributed by atoms with Crippen molar-refractivity contribution in [2.75, 3.05) is 0 Å². The lowest BCUT2D eigenvalue weighted by Crippen LogP contribution is -2.34. The first-order chi connectivity index (χ1) is 9.18. The maximum absolute atomic E-state index is 12.1. The van der Waals surface area contributed by atoms with Gasteiger partial charge in [0.15, 0.2) is 5.69 Å². The van der Waals surface area contributed by atoms with E-state index in [9.17, 15) is 13.2 Å². The summed E-state index contributed by atoms with van der Waals surface area (Å²) in [6.45, 7) is 7.45. The molecule has 4 N–H and O–H groups in total. The minimum absolute atomic E-state index is 0.0555. The molecule has 1 unspecified atom stereocenters. The Bertz CT molecular complexity index is 578. The molecule has 1 aromatic rings. The molecule has 0 aliphatic rings. The largest absolute Gasteiger partial charge is 0.348 e. The molecule has 0 fully saturated rings. The van der Waals surface area contributed by atoms with Crippen LogP contribution < -0.4 is 10.5 Å². The molecule has 0 aliphatic carbocycles. The molecule has 0 saturated carbocycles. The van der Waals surface area contributed by atoms with Gasteiger partial charge in [-0.25, -0.2) is 13.6 Å². The number of nitrogens with zero attached hydrogens (tertiary/aromatic N) is 1. The Labute approximate surface area is 119 Å². The molecule has 0 radical (unpaired) electrons. The molecule has 0 bridgehead atoms. The van der Waals surface area contributed by atoms with Crippen molar-refractivity contribution < 1.29 is 13.2 Å². The Morgan fingerprint density at radius 2 is 2.00 bits per heavy atom. The van der Waals surface area contributed by atoms with Crippen molar-refractivity contribution in [1.82, 2.24) is 15.5 Å². The molecule has 0 spiro atoms. The summed E-state index contributed by atoms with van der Waals surface area (Å²) in [5.74, 6) is -0.663. The fraction of sp³-hybridized carbons (Fsp3) is 0.667. The molecule has 0 saturated heterocycles. The number of aromatic amines is 1. The Hall–Kier alpha value is -1.41. The highest BCUT2D eigenvalue weighted by atomic mass is 32.2. The summed E-state index contributed by atoms with van der Waals surface area (Å²) in [5, 5.41) is 14.3. The zero-order chi connectivity index (χ0) is 15.5. The van der Waals surface area contributed by atoms with E-state index in [1.807, 2.05) is 13.8 Å². The lowest BCUT2D eigenvalue weighted by Gasteiger charge is -2.12. The predicted molar refractivity (Wildman–Crippen MR) is 75.9 cm³/mol. The van der Waals surface area contributed by atoms with Crippen LogP contribution in [0, 0.1) is 0 Å². The molecule has 0 aliphatic heterocycles. The average molecular weight is 302 g/mol. The number of carbonyl (C=O) groups is 1. The summed E-state index contributed by atoms with van der Waals surface area (Å²) in [7, 11) is -4.01. The van der Waals surface area contributed by atoms with Crippen molar-refractivity contribution in [2.24, 2.45) is 5.14 Å². The highest BCUT2D eigenvalue weighted by Gasteiger charge is 2.29. The van der Waals surface area contributed by atoms with Gasteiger partial charge < -0.3 is 5.32 Å². The van der Waals surface area contributed by atoms with Crippen LogP contribution in [0.5, 0.6) is 0 Å². The number of primary sulfonamides is 1. The quantitative estimate of drug-likeness (QED) is 0.729. The van der Waals surface area contributed by atoms with Crippen LogP contribution in [0.1, 0.15) is 62.6 Å². The Morgan fingerprint density at radius 3 is 2.45 bits per heavy atom. The first-order valence-electron chi connectivity index (χ1n) is 6.60. The van der Waals surface area contributed by atoms with Gasteiger partial charge in [-0.15, -0.1) is 0 Å². The number of nitrogens with one attached hydrogen (secondary N) is 2. The second-order valence-corrected chi connectivity index (χ2v) is 6.68. The van der Waals surface area contributed by atoms with Crippen molar-refractivity contribution >= 4 is 15.9 Å². The summed E-state index contributed by atoms with van der Waals surface area (Å²) in [6.07, 6.45) is 1.72. The summed E-state index contributed by atoms with van der Waals surface area (Å²) < 4.78 is 23.4. The van der Waals surface area contributed by atoms with E-state index in [1.165, 1.54) is 0 Å². The first kappa shape index (κ1) is 16.6. The molecule has 8 heteroatoms. The van der Waals surface area contributed by atoms with Gasteiger partial charge in [0.1, 0.15) is 4.90 Å². The predicted octanol–water partition coefficient (Wildman–Crippen LogP) is 1.10. The molecule has 1 aromatic heterocycles. The summed E-state index contributed by atoms with van der Waals surface area (Å²) in [6, 6.07) is -0.0555. The molecule has 1 atom stereocenters. The minimum Gasteiger partial charge on any atom is -0.348 e. The molecule has 1 rings (SSSR count). The zero-order valence-electron chi connectivity index (χ0n) is 12.2. The number of hydrogen-bond acceptors (Lipinski definition) is 4. The van der Waals surface area contributed by atoms with E-state index in [2.05, 4.69) is 15.5 Å². The van der Waals surface area contributed by atoms with Gasteiger partial charge in [0.05, 0.1) is 5.69 Å². The third-order valence-electron chi connectivity index (χ3n) is 2.92. The van der Waals surface area contributed by atoms with Crippen LogP contribution in [0.2, 0.25) is 0 Å². The number of aromatic nitrogens is 2. The SMILES string of the molecule is CCCC(C)NC(=O)c1n[nH]c(C(C)C)c1S(N)(=O)=O. The number of amides is 1. The van der Waals surface area contributed by atoms with Crippen LogP contribution in [-0.2, 0) is 10.0 Å². The Kier molecular flexibility index (Phi) is 5.29. The van der Waals surface area contributed by atoms with Crippen LogP contribution >= 0.6 is 0 Å². The molecule has 1 amide bonds. The van der Waals surface area contributed by atoms with Gasteiger partial charge in [0.25, 0.3) is 5.91 Å². The van der Waals surface area contributed by atoms with E-state index in [1.54, 1.807) is 13.8 Å². The van der Waals surface area contributed by atoms with Crippen LogP contribution in [0.4, 0.5) is 0 Å². The first-order valence-corrected chi connectivity index (χ1v) is 8.15. The molecule has 20 heavy (non-hydrogen) atoms. The van der Waals surface area contributed by atoms with Crippen molar-refractivity contribution in [3.63, 3.8) is 0 Å². The monoisotopic (exact) mass is 302 g/mol. The highest BCUT2D eigenvalue weighted by Crippen LogP contribution is 2.23. The molecular formula is C12H22N4O3S. The van der Waals surface area contributed by atoms with E-state index in [0.29, 0.717) is 5.69 Å². The minimum atomic E-state index is -4.01. The van der Waals surface area contributed by atoms with Gasteiger partial charge in [-0.05, 0) is 19.3 Å². The number of rotatable bonds is 6. The topological polar surface area (TPSA) is 118 Å². The Balaban J connectivity index is 3.16. The third kappa shape index (κ3) is 3.80. The summed E-state index contributed by atoms with van der Waals surface area (Å²) in [5.41, 5.74) is 0.181. The van der Waals surface area contributed by atoms with Crippen molar-refractivity contribution in [3.8, 4) is 0 Å². The number of carbonyl (C=O) groups excluding carboxylic acids is 1. The van der Waals surface area contributed by atoms with Gasteiger partial charge in [-0.3, -0.25) is 9.89 Å². The fourth-order valence-corrected chi connectivity index (χ4v) is 2.97. The van der Waals surface area contributed by atoms with Crippen LogP contribution in [0.3, 0.4) is 0 Å². The van der Waals surface area contributed by atoms with E-state index < -0.39 is 15.9 Å². The molecule has 1 heterocycles. The van der Waals surface area contributed by atoms with Crippen molar-refractivity contribution in [3.05, 3.63) is 11.4 Å². The smallest absolute Gasteiger partial charge is 0.273 e. The van der Waals surface area contributed by atoms with Crippen LogP contribution in [0.15, 0.2) is 4.90 Å². The van der Waals surface area contributed by atoms with Gasteiger partial charge >= 0.3 is 0 Å². The molecule has 7 nitrogen and oxygen atoms in total. The zero-order valence-corrected chi connectivity index (χ0v) is 13.0. The van der Waals surface area contributed by atoms with Crippen molar-refractivity contribution in [2.45, 2.75) is 57.4 Å². The normalized spacial score (nSPS) is 13.5. The lowest BCUT2D eigenvalue weighted by atomic mass is 10.1. The van der Waals surface area contributed by atoms with Gasteiger partial charge in [0, 0.05) is 6.04 Å². The number of H-pyrrole nitrogens is 1. The van der Waals surface area contributed by atoms with Gasteiger partial charge in [-0.2, -0.15) is 5.10 Å². The number of sulfonamides is 1. The van der Waals surface area contributed by atoms with E-state index in [4.69, 9.17) is 5.14 Å². The second kappa shape index (κ2) is 6.36. The lowest BCUT2D eigenvalue weighted by molar-refractivity contribution is 0.0930. The maximum Gasteiger partial charge on any atom is 0.273 e.